The van der Waals surface area contributed by atoms with Crippen molar-refractivity contribution in [1.82, 2.24) is 0 Å². The smallest absolute Gasteiger partial charge is 0.123 e. The molecule has 1 aliphatic rings. The van der Waals surface area contributed by atoms with Gasteiger partial charge in [0.1, 0.15) is 6.29 Å². The molecule has 14 heavy (non-hydrogen) atoms. The highest BCUT2D eigenvalue weighted by Crippen LogP contribution is 2.36. The maximum Gasteiger partial charge on any atom is 0.123 e. The predicted octanol–water partition coefficient (Wildman–Crippen LogP) is 3.15. The molecule has 0 spiro atoms. The van der Waals surface area contributed by atoms with E-state index in [9.17, 15) is 4.79 Å². The van der Waals surface area contributed by atoms with Crippen LogP contribution in [0.4, 0.5) is 0 Å². The lowest BCUT2D eigenvalue weighted by molar-refractivity contribution is -0.110. The van der Waals surface area contributed by atoms with Gasteiger partial charge in [0, 0.05) is 16.1 Å². The van der Waals surface area contributed by atoms with Crippen LogP contribution in [0.5, 0.6) is 0 Å². The van der Waals surface area contributed by atoms with Crippen LogP contribution in [0, 0.1) is 5.92 Å². The first-order chi connectivity index (χ1) is 6.88. The number of thioether (sulfide) groups is 1. The fourth-order valence-electron chi connectivity index (χ4n) is 1.90. The zero-order chi connectivity index (χ0) is 9.80. The van der Waals surface area contributed by atoms with Crippen LogP contribution in [-0.2, 0) is 4.79 Å². The zero-order valence-electron chi connectivity index (χ0n) is 8.06. The Balaban J connectivity index is 1.90. The van der Waals surface area contributed by atoms with Gasteiger partial charge in [-0.1, -0.05) is 18.2 Å². The SMILES string of the molecule is O=C[C@@H]1CC[C@H](Sc2ccccc2)C1. The van der Waals surface area contributed by atoms with Gasteiger partial charge in [-0.3, -0.25) is 0 Å². The van der Waals surface area contributed by atoms with Crippen molar-refractivity contribution >= 4 is 18.0 Å². The molecule has 1 aromatic rings. The normalized spacial score (nSPS) is 26.3. The summed E-state index contributed by atoms with van der Waals surface area (Å²) in [4.78, 5) is 11.9. The Labute approximate surface area is 88.9 Å². The molecule has 0 aliphatic heterocycles. The van der Waals surface area contributed by atoms with Gasteiger partial charge in [0.25, 0.3) is 0 Å². The van der Waals surface area contributed by atoms with Crippen LogP contribution in [0.25, 0.3) is 0 Å². The number of carbonyl (C=O) groups excluding carboxylic acids is 1. The Morgan fingerprint density at radius 2 is 2.00 bits per heavy atom. The van der Waals surface area contributed by atoms with Gasteiger partial charge in [0.05, 0.1) is 0 Å². The van der Waals surface area contributed by atoms with Crippen LogP contribution in [0.15, 0.2) is 35.2 Å². The summed E-state index contributed by atoms with van der Waals surface area (Å²) in [6, 6.07) is 10.4. The highest BCUT2D eigenvalue weighted by atomic mass is 32.2. The van der Waals surface area contributed by atoms with Gasteiger partial charge in [-0.05, 0) is 31.4 Å². The molecule has 1 fully saturated rings. The van der Waals surface area contributed by atoms with Gasteiger partial charge < -0.3 is 4.79 Å². The van der Waals surface area contributed by atoms with E-state index in [4.69, 9.17) is 0 Å². The fraction of sp³-hybridized carbons (Fsp3) is 0.417. The number of aldehydes is 1. The number of hydrogen-bond donors (Lipinski definition) is 0. The molecule has 74 valence electrons. The van der Waals surface area contributed by atoms with Gasteiger partial charge in [0.15, 0.2) is 0 Å². The molecular weight excluding hydrogens is 192 g/mol. The number of carbonyl (C=O) groups is 1. The maximum absolute atomic E-state index is 10.6. The number of rotatable bonds is 3. The molecule has 0 heterocycles. The van der Waals surface area contributed by atoms with Gasteiger partial charge in [-0.2, -0.15) is 0 Å². The van der Waals surface area contributed by atoms with Crippen LogP contribution in [0.3, 0.4) is 0 Å². The van der Waals surface area contributed by atoms with Crippen molar-refractivity contribution < 1.29 is 4.79 Å². The van der Waals surface area contributed by atoms with Gasteiger partial charge in [0.2, 0.25) is 0 Å². The third-order valence-corrected chi connectivity index (χ3v) is 3.97. The van der Waals surface area contributed by atoms with Crippen molar-refractivity contribution in [2.24, 2.45) is 5.92 Å². The van der Waals surface area contributed by atoms with Gasteiger partial charge >= 0.3 is 0 Å². The summed E-state index contributed by atoms with van der Waals surface area (Å²) in [5.74, 6) is 0.316. The minimum atomic E-state index is 0.316. The molecule has 1 aliphatic carbocycles. The molecule has 2 heteroatoms. The van der Waals surface area contributed by atoms with E-state index in [-0.39, 0.29) is 0 Å². The molecule has 1 saturated carbocycles. The number of hydrogen-bond acceptors (Lipinski definition) is 2. The minimum absolute atomic E-state index is 0.316. The summed E-state index contributed by atoms with van der Waals surface area (Å²) in [6.45, 7) is 0. The second kappa shape index (κ2) is 4.65. The summed E-state index contributed by atoms with van der Waals surface area (Å²) in [7, 11) is 0. The van der Waals surface area contributed by atoms with Crippen molar-refractivity contribution in [3.8, 4) is 0 Å². The van der Waals surface area contributed by atoms with Crippen molar-refractivity contribution in [2.75, 3.05) is 0 Å². The Kier molecular flexibility index (Phi) is 3.25. The van der Waals surface area contributed by atoms with Crippen molar-refractivity contribution in [1.29, 1.82) is 0 Å². The van der Waals surface area contributed by atoms with E-state index >= 15 is 0 Å². The first-order valence-electron chi connectivity index (χ1n) is 5.05. The van der Waals surface area contributed by atoms with Crippen LogP contribution in [0.1, 0.15) is 19.3 Å². The zero-order valence-corrected chi connectivity index (χ0v) is 8.87. The molecule has 0 radical (unpaired) electrons. The monoisotopic (exact) mass is 206 g/mol. The second-order valence-electron chi connectivity index (χ2n) is 3.76. The molecule has 0 bridgehead atoms. The highest BCUT2D eigenvalue weighted by molar-refractivity contribution is 8.00. The summed E-state index contributed by atoms with van der Waals surface area (Å²) < 4.78 is 0. The van der Waals surface area contributed by atoms with E-state index in [2.05, 4.69) is 24.3 Å². The predicted molar refractivity (Wildman–Crippen MR) is 59.5 cm³/mol. The van der Waals surface area contributed by atoms with E-state index in [0.29, 0.717) is 11.2 Å². The highest BCUT2D eigenvalue weighted by Gasteiger charge is 2.24. The third-order valence-electron chi connectivity index (χ3n) is 2.66. The Bertz CT molecular complexity index is 296. The molecule has 2 atom stereocenters. The molecule has 1 nitrogen and oxygen atoms in total. The van der Waals surface area contributed by atoms with Crippen LogP contribution < -0.4 is 0 Å². The van der Waals surface area contributed by atoms with Crippen LogP contribution in [-0.4, -0.2) is 11.5 Å². The summed E-state index contributed by atoms with van der Waals surface area (Å²) in [6.07, 6.45) is 4.44. The van der Waals surface area contributed by atoms with Crippen LogP contribution >= 0.6 is 11.8 Å². The standard InChI is InChI=1S/C12H14OS/c13-9-10-6-7-12(8-10)14-11-4-2-1-3-5-11/h1-5,9-10,12H,6-8H2/t10-,12+/m1/s1. The summed E-state index contributed by atoms with van der Waals surface area (Å²) in [5, 5.41) is 0.646. The molecule has 0 amide bonds. The number of benzene rings is 1. The average Bonchev–Trinajstić information content (AvgIpc) is 2.67. The molecule has 0 N–H and O–H groups in total. The lowest BCUT2D eigenvalue weighted by atomic mass is 10.1. The fourth-order valence-corrected chi connectivity index (χ4v) is 3.19. The average molecular weight is 206 g/mol. The second-order valence-corrected chi connectivity index (χ2v) is 5.14. The van der Waals surface area contributed by atoms with Crippen molar-refractivity contribution in [3.05, 3.63) is 30.3 Å². The van der Waals surface area contributed by atoms with Crippen molar-refractivity contribution in [2.45, 2.75) is 29.4 Å². The van der Waals surface area contributed by atoms with Gasteiger partial charge in [-0.15, -0.1) is 11.8 Å². The lowest BCUT2D eigenvalue weighted by Gasteiger charge is -2.08. The maximum atomic E-state index is 10.6. The molecule has 2 rings (SSSR count). The Hall–Kier alpha value is -0.760. The summed E-state index contributed by atoms with van der Waals surface area (Å²) in [5.41, 5.74) is 0. The van der Waals surface area contributed by atoms with E-state index in [0.717, 1.165) is 19.1 Å². The van der Waals surface area contributed by atoms with Crippen molar-refractivity contribution in [3.63, 3.8) is 0 Å². The van der Waals surface area contributed by atoms with E-state index < -0.39 is 0 Å². The topological polar surface area (TPSA) is 17.1 Å². The lowest BCUT2D eigenvalue weighted by Crippen LogP contribution is -1.98. The Morgan fingerprint density at radius 1 is 1.21 bits per heavy atom. The quantitative estimate of drug-likeness (QED) is 0.707. The molecule has 0 unspecified atom stereocenters. The molecule has 0 saturated heterocycles. The first kappa shape index (κ1) is 9.78. The van der Waals surface area contributed by atoms with E-state index in [1.165, 1.54) is 11.3 Å². The van der Waals surface area contributed by atoms with E-state index in [1.807, 2.05) is 17.8 Å². The molecular formula is C12H14OS. The summed E-state index contributed by atoms with van der Waals surface area (Å²) >= 11 is 1.91. The largest absolute Gasteiger partial charge is 0.303 e. The first-order valence-corrected chi connectivity index (χ1v) is 5.93. The van der Waals surface area contributed by atoms with Gasteiger partial charge in [-0.25, -0.2) is 0 Å². The third kappa shape index (κ3) is 2.38. The van der Waals surface area contributed by atoms with Crippen LogP contribution in [0.2, 0.25) is 0 Å². The molecule has 0 aromatic heterocycles. The Morgan fingerprint density at radius 3 is 2.64 bits per heavy atom. The molecule has 1 aromatic carbocycles. The minimum Gasteiger partial charge on any atom is -0.303 e. The van der Waals surface area contributed by atoms with E-state index in [1.54, 1.807) is 0 Å².